The highest BCUT2D eigenvalue weighted by atomic mass is 35.5. The summed E-state index contributed by atoms with van der Waals surface area (Å²) in [4.78, 5) is 77.2. The summed E-state index contributed by atoms with van der Waals surface area (Å²) in [6.45, 7) is 12.8. The van der Waals surface area contributed by atoms with Crippen molar-refractivity contribution in [1.82, 2.24) is 25.5 Å². The molecule has 2 unspecified atom stereocenters. The van der Waals surface area contributed by atoms with E-state index in [-0.39, 0.29) is 66.4 Å². The van der Waals surface area contributed by atoms with E-state index in [1.165, 1.54) is 18.3 Å². The number of halogens is 1. The lowest BCUT2D eigenvalue weighted by Crippen LogP contribution is -2.59. The molecule has 0 spiro atoms. The third kappa shape index (κ3) is 8.68. The quantitative estimate of drug-likeness (QED) is 0.0991. The Labute approximate surface area is 347 Å². The fraction of sp³-hybridized carbons (Fsp3) is 0.548. The van der Waals surface area contributed by atoms with Crippen molar-refractivity contribution in [3.8, 4) is 22.9 Å². The average molecular weight is 835 g/mol. The number of carbonyl (C=O) groups excluding carboxylic acids is 5. The van der Waals surface area contributed by atoms with Gasteiger partial charge in [0.1, 0.15) is 64.9 Å². The smallest absolute Gasteiger partial charge is 0.408 e. The van der Waals surface area contributed by atoms with Gasteiger partial charge in [-0.05, 0) is 68.9 Å². The maximum atomic E-state index is 14.7. The highest BCUT2D eigenvalue weighted by Crippen LogP contribution is 2.52. The molecule has 0 radical (unpaired) electrons. The van der Waals surface area contributed by atoms with E-state index in [1.807, 2.05) is 34.6 Å². The van der Waals surface area contributed by atoms with E-state index in [1.54, 1.807) is 24.3 Å². The number of nitrogens with zero attached hydrogens (tertiary/aromatic N) is 3. The molecule has 0 bridgehead atoms. The van der Waals surface area contributed by atoms with Crippen LogP contribution in [0.25, 0.3) is 22.3 Å². The molecule has 316 valence electrons. The third-order valence-corrected chi connectivity index (χ3v) is 11.9. The molecule has 4 aliphatic rings. The average Bonchev–Trinajstić information content (AvgIpc) is 3.85. The van der Waals surface area contributed by atoms with E-state index in [4.69, 9.17) is 39.9 Å². The lowest BCUT2D eigenvalue weighted by Gasteiger charge is -2.35. The topological polar surface area (TPSA) is 201 Å². The van der Waals surface area contributed by atoms with E-state index in [2.05, 4.69) is 27.5 Å². The Kier molecular flexibility index (Phi) is 11.6. The highest BCUT2D eigenvalue weighted by Gasteiger charge is 2.62. The molecule has 16 nitrogen and oxygen atoms in total. The number of likely N-dealkylation sites (tertiary alicyclic amines) is 1. The van der Waals surface area contributed by atoms with Gasteiger partial charge in [0.25, 0.3) is 6.01 Å². The van der Waals surface area contributed by atoms with Gasteiger partial charge in [-0.15, -0.1) is 6.58 Å². The number of aromatic nitrogens is 2. The highest BCUT2D eigenvalue weighted by molar-refractivity contribution is 6.36. The molecule has 17 heteroatoms. The Morgan fingerprint density at radius 2 is 1.81 bits per heavy atom. The number of ether oxygens (including phenoxy) is 4. The molecule has 1 aliphatic heterocycles. The second kappa shape index (κ2) is 16.3. The SMILES string of the molecule is C=C[C@@H]1CC1(NC(=O)[C@@H]1C[C@@H](Oc2cc(-c3coc(NC(C)C)n3)nc3c(Cl)c(OCC=O)ccc23)CN1C(=O)[C@@H](NC(=O)OC1C[C@@H]2C[C@@H]2C1)C(C)(C)C)C(=O)OC. The van der Waals surface area contributed by atoms with Crippen LogP contribution < -0.4 is 25.4 Å². The number of hydrogen-bond donors (Lipinski definition) is 3. The molecule has 8 atom stereocenters. The van der Waals surface area contributed by atoms with Crippen LogP contribution in [0.2, 0.25) is 5.02 Å². The molecule has 3 aliphatic carbocycles. The summed E-state index contributed by atoms with van der Waals surface area (Å²) in [6.07, 6.45) is 5.02. The Hall–Kier alpha value is -5.38. The van der Waals surface area contributed by atoms with E-state index >= 15 is 0 Å². The van der Waals surface area contributed by atoms with Gasteiger partial charge in [-0.25, -0.2) is 14.6 Å². The molecule has 3 N–H and O–H groups in total. The summed E-state index contributed by atoms with van der Waals surface area (Å²) in [7, 11) is 1.24. The normalized spacial score (nSPS) is 26.1. The van der Waals surface area contributed by atoms with Crippen LogP contribution in [0.3, 0.4) is 0 Å². The number of rotatable bonds is 15. The van der Waals surface area contributed by atoms with Gasteiger partial charge in [0.05, 0.1) is 24.9 Å². The second-order valence-electron chi connectivity index (χ2n) is 17.3. The van der Waals surface area contributed by atoms with Crippen molar-refractivity contribution in [3.63, 3.8) is 0 Å². The van der Waals surface area contributed by atoms with Crippen molar-refractivity contribution in [2.24, 2.45) is 23.2 Å². The van der Waals surface area contributed by atoms with Gasteiger partial charge in [0, 0.05) is 29.8 Å². The first-order valence-corrected chi connectivity index (χ1v) is 20.3. The summed E-state index contributed by atoms with van der Waals surface area (Å²) in [6, 6.07) is 3.04. The number of pyridine rings is 1. The predicted octanol–water partition coefficient (Wildman–Crippen LogP) is 5.46. The lowest BCUT2D eigenvalue weighted by atomic mass is 9.85. The second-order valence-corrected chi connectivity index (χ2v) is 17.7. The van der Waals surface area contributed by atoms with E-state index < -0.39 is 53.0 Å². The molecule has 3 saturated carbocycles. The number of nitrogens with one attached hydrogen (secondary N) is 3. The zero-order valence-electron chi connectivity index (χ0n) is 34.0. The van der Waals surface area contributed by atoms with Gasteiger partial charge in [0.15, 0.2) is 6.29 Å². The molecule has 59 heavy (non-hydrogen) atoms. The molecule has 2 aromatic heterocycles. The van der Waals surface area contributed by atoms with Crippen LogP contribution in [0, 0.1) is 23.2 Å². The largest absolute Gasteiger partial charge is 0.488 e. The van der Waals surface area contributed by atoms with Crippen molar-refractivity contribution in [3.05, 3.63) is 42.1 Å². The fourth-order valence-electron chi connectivity index (χ4n) is 8.29. The van der Waals surface area contributed by atoms with Gasteiger partial charge in [0.2, 0.25) is 11.8 Å². The number of methoxy groups -OCH3 is 1. The lowest BCUT2D eigenvalue weighted by molar-refractivity contribution is -0.148. The maximum Gasteiger partial charge on any atom is 0.408 e. The number of oxazole rings is 1. The third-order valence-electron chi connectivity index (χ3n) is 11.5. The first-order valence-electron chi connectivity index (χ1n) is 19.9. The standard InChI is InChI=1S/C42H51ClN6O10/c1-8-24-18-42(24,38(53)55-7)48-36(51)30-16-26(19-49(30)37(52)35(41(4,5)6)47-40(54)59-25-14-22-13-23(22)15-25)58-32-17-28(29-20-57-39(46-29)44-21(2)3)45-34-27(32)9-10-31(33(34)43)56-12-11-50/h8-11,17,20-26,30,35H,1,12-16,18-19H2,2-7H3,(H,44,46)(H,47,54)(H,48,51)/t22-,23+,24-,25?,26-,30+,35-,42?/m1/s1. The van der Waals surface area contributed by atoms with Gasteiger partial charge >= 0.3 is 12.1 Å². The molecule has 3 heterocycles. The number of fused-ring (bicyclic) bond motifs is 2. The molecule has 3 amide bonds. The first-order chi connectivity index (χ1) is 28.0. The Morgan fingerprint density at radius 1 is 1.07 bits per heavy atom. The molecule has 4 fully saturated rings. The van der Waals surface area contributed by atoms with Crippen LogP contribution in [0.4, 0.5) is 10.8 Å². The van der Waals surface area contributed by atoms with Crippen molar-refractivity contribution in [1.29, 1.82) is 0 Å². The molecule has 7 rings (SSSR count). The van der Waals surface area contributed by atoms with Crippen molar-refractivity contribution in [2.45, 2.75) is 103 Å². The number of alkyl carbamates (subject to hydrolysis) is 1. The van der Waals surface area contributed by atoms with Gasteiger partial charge in [-0.1, -0.05) is 38.4 Å². The van der Waals surface area contributed by atoms with Gasteiger partial charge in [-0.3, -0.25) is 14.4 Å². The van der Waals surface area contributed by atoms with E-state index in [0.717, 1.165) is 19.3 Å². The first kappa shape index (κ1) is 41.8. The minimum Gasteiger partial charge on any atom is -0.488 e. The summed E-state index contributed by atoms with van der Waals surface area (Å²) in [5.41, 5.74) is -1.15. The molecular formula is C42H51ClN6O10. The Morgan fingerprint density at radius 3 is 2.46 bits per heavy atom. The number of hydrogen-bond acceptors (Lipinski definition) is 13. The summed E-state index contributed by atoms with van der Waals surface area (Å²) in [5.74, 6) is -0.393. The minimum absolute atomic E-state index is 0.0135. The van der Waals surface area contributed by atoms with Crippen molar-refractivity contribution >= 4 is 58.7 Å². The number of aldehydes is 1. The van der Waals surface area contributed by atoms with Gasteiger partial charge in [-0.2, -0.15) is 4.98 Å². The van der Waals surface area contributed by atoms with E-state index in [0.29, 0.717) is 40.6 Å². The van der Waals surface area contributed by atoms with Crippen LogP contribution in [0.15, 0.2) is 41.5 Å². The molecule has 1 saturated heterocycles. The van der Waals surface area contributed by atoms with Crippen molar-refractivity contribution in [2.75, 3.05) is 25.6 Å². The summed E-state index contributed by atoms with van der Waals surface area (Å²) >= 11 is 6.83. The van der Waals surface area contributed by atoms with Crippen LogP contribution in [0.1, 0.15) is 66.7 Å². The zero-order chi connectivity index (χ0) is 42.4. The zero-order valence-corrected chi connectivity index (χ0v) is 34.8. The number of amides is 3. The number of benzene rings is 1. The number of esters is 1. The monoisotopic (exact) mass is 834 g/mol. The Bertz CT molecular complexity index is 2140. The minimum atomic E-state index is -1.33. The van der Waals surface area contributed by atoms with Crippen LogP contribution in [-0.4, -0.2) is 101 Å². The number of anilines is 1. The molecular weight excluding hydrogens is 784 g/mol. The molecule has 1 aromatic carbocycles. The Balaban J connectivity index is 1.22. The fourth-order valence-corrected chi connectivity index (χ4v) is 8.55. The molecule has 3 aromatic rings. The summed E-state index contributed by atoms with van der Waals surface area (Å²) in [5, 5.41) is 9.40. The number of carbonyl (C=O) groups is 5. The van der Waals surface area contributed by atoms with E-state index in [9.17, 15) is 24.0 Å². The predicted molar refractivity (Wildman–Crippen MR) is 216 cm³/mol. The van der Waals surface area contributed by atoms with Crippen molar-refractivity contribution < 1.29 is 47.3 Å². The van der Waals surface area contributed by atoms with Crippen LogP contribution >= 0.6 is 11.6 Å². The van der Waals surface area contributed by atoms with Crippen LogP contribution in [-0.2, 0) is 28.7 Å². The van der Waals surface area contributed by atoms with Crippen LogP contribution in [0.5, 0.6) is 11.5 Å². The van der Waals surface area contributed by atoms with Gasteiger partial charge < -0.3 is 44.2 Å². The maximum absolute atomic E-state index is 14.7. The summed E-state index contributed by atoms with van der Waals surface area (Å²) < 4.78 is 28.7.